The number of nitrogens with one attached hydrogen (secondary N) is 1. The lowest BCUT2D eigenvalue weighted by Gasteiger charge is -2.20. The van der Waals surface area contributed by atoms with Gasteiger partial charge in [0.05, 0.1) is 18.6 Å². The number of rotatable bonds is 8. The molecule has 4 heteroatoms. The van der Waals surface area contributed by atoms with Crippen molar-refractivity contribution in [2.45, 2.75) is 20.3 Å². The van der Waals surface area contributed by atoms with Gasteiger partial charge in [-0.25, -0.2) is 0 Å². The molecule has 0 fully saturated rings. The third-order valence-electron chi connectivity index (χ3n) is 1.95. The highest BCUT2D eigenvalue weighted by atomic mass is 35.5. The average Bonchev–Trinajstić information content (AvgIpc) is 2.22. The van der Waals surface area contributed by atoms with Crippen LogP contribution in [0.25, 0.3) is 0 Å². The lowest BCUT2D eigenvalue weighted by molar-refractivity contribution is -0.128. The van der Waals surface area contributed by atoms with Crippen molar-refractivity contribution in [3.63, 3.8) is 0 Å². The minimum absolute atomic E-state index is 0.0372. The first-order chi connectivity index (χ1) is 7.04. The van der Waals surface area contributed by atoms with Gasteiger partial charge in [-0.15, -0.1) is 18.2 Å². The number of amides is 1. The summed E-state index contributed by atoms with van der Waals surface area (Å²) >= 11 is 5.67. The van der Waals surface area contributed by atoms with Crippen molar-refractivity contribution in [2.75, 3.05) is 25.6 Å². The largest absolute Gasteiger partial charge is 0.379 e. The summed E-state index contributed by atoms with van der Waals surface area (Å²) in [7, 11) is 0. The Hall–Kier alpha value is -0.540. The molecule has 0 atom stereocenters. The first-order valence-electron chi connectivity index (χ1n) is 5.07. The van der Waals surface area contributed by atoms with Crippen LogP contribution in [0.1, 0.15) is 20.3 Å². The summed E-state index contributed by atoms with van der Waals surface area (Å²) in [6.07, 6.45) is 2.64. The van der Waals surface area contributed by atoms with Crippen LogP contribution >= 0.6 is 11.6 Å². The summed E-state index contributed by atoms with van der Waals surface area (Å²) in [6.45, 7) is 8.91. The normalized spacial score (nSPS) is 11.1. The molecule has 0 heterocycles. The van der Waals surface area contributed by atoms with Crippen LogP contribution in [0.3, 0.4) is 0 Å². The molecule has 0 unspecified atom stereocenters. The second-order valence-electron chi connectivity index (χ2n) is 3.96. The zero-order chi connectivity index (χ0) is 11.7. The van der Waals surface area contributed by atoms with Crippen LogP contribution in [0.15, 0.2) is 12.7 Å². The molecule has 1 N–H and O–H groups in total. The highest BCUT2D eigenvalue weighted by Gasteiger charge is 2.25. The minimum atomic E-state index is -0.511. The van der Waals surface area contributed by atoms with Gasteiger partial charge in [0.25, 0.3) is 0 Å². The third kappa shape index (κ3) is 6.52. The number of hydrogen-bond acceptors (Lipinski definition) is 2. The van der Waals surface area contributed by atoms with E-state index in [-0.39, 0.29) is 5.91 Å². The molecule has 0 radical (unpaired) electrons. The maximum absolute atomic E-state index is 11.5. The van der Waals surface area contributed by atoms with E-state index in [0.717, 1.165) is 6.42 Å². The minimum Gasteiger partial charge on any atom is -0.379 e. The molecule has 0 aliphatic rings. The van der Waals surface area contributed by atoms with E-state index >= 15 is 0 Å². The molecular formula is C11H20ClNO2. The SMILES string of the molecule is C=CCCOCCNC(=O)C(C)(C)CCl. The molecule has 0 aliphatic heterocycles. The van der Waals surface area contributed by atoms with Gasteiger partial charge in [0.1, 0.15) is 0 Å². The van der Waals surface area contributed by atoms with Crippen molar-refractivity contribution in [2.24, 2.45) is 5.41 Å². The maximum atomic E-state index is 11.5. The Labute approximate surface area is 96.8 Å². The molecule has 88 valence electrons. The molecule has 0 aromatic rings. The molecule has 0 aliphatic carbocycles. The second-order valence-corrected chi connectivity index (χ2v) is 4.23. The average molecular weight is 234 g/mol. The van der Waals surface area contributed by atoms with Crippen molar-refractivity contribution in [1.82, 2.24) is 5.32 Å². The molecule has 0 saturated carbocycles. The van der Waals surface area contributed by atoms with Crippen molar-refractivity contribution >= 4 is 17.5 Å². The monoisotopic (exact) mass is 233 g/mol. The molecule has 0 bridgehead atoms. The van der Waals surface area contributed by atoms with Crippen molar-refractivity contribution in [3.05, 3.63) is 12.7 Å². The number of halogens is 1. The lowest BCUT2D eigenvalue weighted by atomic mass is 9.95. The smallest absolute Gasteiger partial charge is 0.226 e. The van der Waals surface area contributed by atoms with Gasteiger partial charge in [-0.05, 0) is 20.3 Å². The van der Waals surface area contributed by atoms with E-state index in [1.54, 1.807) is 6.08 Å². The van der Waals surface area contributed by atoms with Crippen LogP contribution in [0.4, 0.5) is 0 Å². The topological polar surface area (TPSA) is 38.3 Å². The van der Waals surface area contributed by atoms with E-state index < -0.39 is 5.41 Å². The standard InChI is InChI=1S/C11H20ClNO2/c1-4-5-7-15-8-6-13-10(14)11(2,3)9-12/h4H,1,5-9H2,2-3H3,(H,13,14). The van der Waals surface area contributed by atoms with Gasteiger partial charge < -0.3 is 10.1 Å². The molecule has 0 saturated heterocycles. The van der Waals surface area contributed by atoms with Gasteiger partial charge in [0.15, 0.2) is 0 Å². The summed E-state index contributed by atoms with van der Waals surface area (Å²) in [5.41, 5.74) is -0.511. The predicted molar refractivity (Wildman–Crippen MR) is 63.1 cm³/mol. The van der Waals surface area contributed by atoms with E-state index in [9.17, 15) is 4.79 Å². The van der Waals surface area contributed by atoms with Crippen LogP contribution in [0.5, 0.6) is 0 Å². The van der Waals surface area contributed by atoms with Crippen molar-refractivity contribution in [3.8, 4) is 0 Å². The zero-order valence-corrected chi connectivity index (χ0v) is 10.3. The number of alkyl halides is 1. The summed E-state index contributed by atoms with van der Waals surface area (Å²) in [4.78, 5) is 11.5. The van der Waals surface area contributed by atoms with Crippen LogP contribution in [-0.2, 0) is 9.53 Å². The van der Waals surface area contributed by atoms with Crippen LogP contribution in [-0.4, -0.2) is 31.5 Å². The van der Waals surface area contributed by atoms with Crippen LogP contribution < -0.4 is 5.32 Å². The number of carbonyl (C=O) groups is 1. The molecule has 3 nitrogen and oxygen atoms in total. The summed E-state index contributed by atoms with van der Waals surface area (Å²) in [6, 6.07) is 0. The van der Waals surface area contributed by atoms with E-state index in [0.29, 0.717) is 25.6 Å². The molecule has 15 heavy (non-hydrogen) atoms. The quantitative estimate of drug-likeness (QED) is 0.396. The Bertz CT molecular complexity index is 205. The van der Waals surface area contributed by atoms with Crippen LogP contribution in [0, 0.1) is 5.41 Å². The molecule has 0 spiro atoms. The van der Waals surface area contributed by atoms with Crippen molar-refractivity contribution < 1.29 is 9.53 Å². The Morgan fingerprint density at radius 1 is 1.53 bits per heavy atom. The first kappa shape index (κ1) is 14.5. The lowest BCUT2D eigenvalue weighted by Crippen LogP contribution is -2.39. The Morgan fingerprint density at radius 2 is 2.20 bits per heavy atom. The predicted octanol–water partition coefficient (Wildman–Crippen LogP) is 1.96. The number of hydrogen-bond donors (Lipinski definition) is 1. The van der Waals surface area contributed by atoms with Gasteiger partial charge in [-0.3, -0.25) is 4.79 Å². The number of carbonyl (C=O) groups excluding carboxylic acids is 1. The molecule has 0 aromatic carbocycles. The fraction of sp³-hybridized carbons (Fsp3) is 0.727. The highest BCUT2D eigenvalue weighted by Crippen LogP contribution is 2.16. The Kier molecular flexibility index (Phi) is 7.44. The van der Waals surface area contributed by atoms with Gasteiger partial charge in [0, 0.05) is 12.4 Å². The molecular weight excluding hydrogens is 214 g/mol. The van der Waals surface area contributed by atoms with Gasteiger partial charge in [-0.2, -0.15) is 0 Å². The Balaban J connectivity index is 3.51. The van der Waals surface area contributed by atoms with Gasteiger partial charge in [-0.1, -0.05) is 6.08 Å². The zero-order valence-electron chi connectivity index (χ0n) is 9.51. The fourth-order valence-corrected chi connectivity index (χ4v) is 0.927. The molecule has 1 amide bonds. The second kappa shape index (κ2) is 7.71. The highest BCUT2D eigenvalue weighted by molar-refractivity contribution is 6.19. The summed E-state index contributed by atoms with van der Waals surface area (Å²) in [5.74, 6) is 0.278. The fourth-order valence-electron chi connectivity index (χ4n) is 0.805. The molecule has 0 rings (SSSR count). The van der Waals surface area contributed by atoms with Gasteiger partial charge in [0.2, 0.25) is 5.91 Å². The first-order valence-corrected chi connectivity index (χ1v) is 5.61. The Morgan fingerprint density at radius 3 is 2.73 bits per heavy atom. The third-order valence-corrected chi connectivity index (χ3v) is 2.62. The van der Waals surface area contributed by atoms with E-state index in [4.69, 9.17) is 16.3 Å². The van der Waals surface area contributed by atoms with E-state index in [1.807, 2.05) is 13.8 Å². The summed E-state index contributed by atoms with van der Waals surface area (Å²) in [5, 5.41) is 2.78. The van der Waals surface area contributed by atoms with Crippen LogP contribution in [0.2, 0.25) is 0 Å². The van der Waals surface area contributed by atoms with E-state index in [1.165, 1.54) is 0 Å². The molecule has 0 aromatic heterocycles. The van der Waals surface area contributed by atoms with E-state index in [2.05, 4.69) is 11.9 Å². The van der Waals surface area contributed by atoms with Gasteiger partial charge >= 0.3 is 0 Å². The summed E-state index contributed by atoms with van der Waals surface area (Å²) < 4.78 is 5.25. The maximum Gasteiger partial charge on any atom is 0.226 e. The van der Waals surface area contributed by atoms with Crippen molar-refractivity contribution in [1.29, 1.82) is 0 Å². The number of ether oxygens (including phenoxy) is 1.